The van der Waals surface area contributed by atoms with Gasteiger partial charge in [0.1, 0.15) is 5.82 Å². The highest BCUT2D eigenvalue weighted by Gasteiger charge is 2.30. The Balaban J connectivity index is 1.82. The van der Waals surface area contributed by atoms with Gasteiger partial charge in [0.2, 0.25) is 5.91 Å². The van der Waals surface area contributed by atoms with Crippen LogP contribution in [0, 0.1) is 0 Å². The number of benzene rings is 1. The number of thiophene rings is 1. The fourth-order valence-electron chi connectivity index (χ4n) is 2.77. The van der Waals surface area contributed by atoms with Crippen LogP contribution in [0.15, 0.2) is 47.3 Å². The molecule has 0 saturated carbocycles. The molecule has 6 heteroatoms. The quantitative estimate of drug-likeness (QED) is 0.770. The maximum absolute atomic E-state index is 12.1. The number of hydrogen-bond donors (Lipinski definition) is 1. The minimum atomic E-state index is 0.0133. The second kappa shape index (κ2) is 5.26. The molecular formula is C16H12ClN3OS. The number of halogens is 1. The van der Waals surface area contributed by atoms with Gasteiger partial charge < -0.3 is 5.32 Å². The van der Waals surface area contributed by atoms with Crippen LogP contribution in [0.5, 0.6) is 0 Å². The molecule has 0 bridgehead atoms. The van der Waals surface area contributed by atoms with Crippen LogP contribution in [0.2, 0.25) is 5.02 Å². The summed E-state index contributed by atoms with van der Waals surface area (Å²) in [6.07, 6.45) is 2.29. The van der Waals surface area contributed by atoms with Crippen LogP contribution >= 0.6 is 22.9 Å². The van der Waals surface area contributed by atoms with Crippen LogP contribution in [0.25, 0.3) is 5.69 Å². The van der Waals surface area contributed by atoms with Gasteiger partial charge in [0.05, 0.1) is 11.9 Å². The topological polar surface area (TPSA) is 46.9 Å². The number of anilines is 1. The van der Waals surface area contributed by atoms with Crippen molar-refractivity contribution >= 4 is 34.7 Å². The molecule has 3 aromatic rings. The molecule has 0 radical (unpaired) electrons. The number of hydrogen-bond acceptors (Lipinski definition) is 3. The molecule has 0 spiro atoms. The van der Waals surface area contributed by atoms with Gasteiger partial charge in [-0.3, -0.25) is 4.79 Å². The summed E-state index contributed by atoms with van der Waals surface area (Å²) in [5.74, 6) is 0.824. The maximum Gasteiger partial charge on any atom is 0.226 e. The summed E-state index contributed by atoms with van der Waals surface area (Å²) in [7, 11) is 0. The second-order valence-corrected chi connectivity index (χ2v) is 6.41. The van der Waals surface area contributed by atoms with Gasteiger partial charge in [-0.15, -0.1) is 0 Å². The molecule has 0 aliphatic carbocycles. The molecule has 110 valence electrons. The molecule has 1 unspecified atom stereocenters. The number of aromatic nitrogens is 2. The zero-order valence-electron chi connectivity index (χ0n) is 11.5. The Morgan fingerprint density at radius 3 is 2.82 bits per heavy atom. The number of fused-ring (bicyclic) bond motifs is 1. The lowest BCUT2D eigenvalue weighted by Crippen LogP contribution is -2.24. The summed E-state index contributed by atoms with van der Waals surface area (Å²) in [5, 5.41) is 12.2. The van der Waals surface area contributed by atoms with Gasteiger partial charge in [-0.05, 0) is 46.7 Å². The number of nitrogens with zero attached hydrogens (tertiary/aromatic N) is 2. The summed E-state index contributed by atoms with van der Waals surface area (Å²) in [5.41, 5.74) is 3.08. The zero-order chi connectivity index (χ0) is 15.1. The van der Waals surface area contributed by atoms with Crippen LogP contribution in [0.1, 0.15) is 23.5 Å². The van der Waals surface area contributed by atoms with Gasteiger partial charge in [-0.1, -0.05) is 11.6 Å². The van der Waals surface area contributed by atoms with E-state index >= 15 is 0 Å². The lowest BCUT2D eigenvalue weighted by molar-refractivity contribution is -0.116. The molecule has 1 amide bonds. The normalized spacial score (nSPS) is 17.1. The van der Waals surface area contributed by atoms with E-state index in [4.69, 9.17) is 11.6 Å². The molecule has 1 atom stereocenters. The van der Waals surface area contributed by atoms with Crippen LogP contribution in [-0.4, -0.2) is 15.7 Å². The first-order valence-electron chi connectivity index (χ1n) is 6.88. The molecule has 1 aliphatic heterocycles. The lowest BCUT2D eigenvalue weighted by Gasteiger charge is -2.22. The molecule has 2 aromatic heterocycles. The minimum Gasteiger partial charge on any atom is -0.310 e. The van der Waals surface area contributed by atoms with Crippen molar-refractivity contribution in [3.05, 3.63) is 63.4 Å². The van der Waals surface area contributed by atoms with Crippen molar-refractivity contribution in [3.8, 4) is 5.69 Å². The van der Waals surface area contributed by atoms with Crippen LogP contribution < -0.4 is 5.32 Å². The van der Waals surface area contributed by atoms with Gasteiger partial charge in [-0.25, -0.2) is 4.68 Å². The Morgan fingerprint density at radius 2 is 2.09 bits per heavy atom. The summed E-state index contributed by atoms with van der Waals surface area (Å²) < 4.78 is 1.75. The summed E-state index contributed by atoms with van der Waals surface area (Å²) in [4.78, 5) is 12.1. The van der Waals surface area contributed by atoms with Crippen molar-refractivity contribution in [2.75, 3.05) is 5.32 Å². The largest absolute Gasteiger partial charge is 0.310 e. The van der Waals surface area contributed by atoms with E-state index in [2.05, 4.69) is 21.9 Å². The Hall–Kier alpha value is -2.11. The molecule has 3 heterocycles. The fourth-order valence-corrected chi connectivity index (χ4v) is 3.61. The maximum atomic E-state index is 12.1. The summed E-state index contributed by atoms with van der Waals surface area (Å²) in [6.45, 7) is 0. The SMILES string of the molecule is O=C1CC(c2ccsc2)c2cnn(-c3ccc(Cl)cc3)c2N1. The average Bonchev–Trinajstić information content (AvgIpc) is 3.16. The van der Waals surface area contributed by atoms with E-state index in [-0.39, 0.29) is 11.8 Å². The number of carbonyl (C=O) groups excluding carboxylic acids is 1. The van der Waals surface area contributed by atoms with Gasteiger partial charge in [0.15, 0.2) is 0 Å². The van der Waals surface area contributed by atoms with Gasteiger partial charge in [0, 0.05) is 22.9 Å². The van der Waals surface area contributed by atoms with E-state index in [9.17, 15) is 4.79 Å². The average molecular weight is 330 g/mol. The zero-order valence-corrected chi connectivity index (χ0v) is 13.1. The molecule has 0 saturated heterocycles. The van der Waals surface area contributed by atoms with Crippen LogP contribution in [0.4, 0.5) is 5.82 Å². The predicted octanol–water partition coefficient (Wildman–Crippen LogP) is 4.06. The number of nitrogens with one attached hydrogen (secondary N) is 1. The first kappa shape index (κ1) is 13.5. The Morgan fingerprint density at radius 1 is 1.27 bits per heavy atom. The van der Waals surface area contributed by atoms with Gasteiger partial charge >= 0.3 is 0 Å². The molecule has 22 heavy (non-hydrogen) atoms. The van der Waals surface area contributed by atoms with Crippen molar-refractivity contribution in [1.82, 2.24) is 9.78 Å². The number of rotatable bonds is 2. The molecular weight excluding hydrogens is 318 g/mol. The molecule has 1 aliphatic rings. The van der Waals surface area contributed by atoms with Crippen molar-refractivity contribution in [3.63, 3.8) is 0 Å². The lowest BCUT2D eigenvalue weighted by atomic mass is 9.89. The van der Waals surface area contributed by atoms with Crippen molar-refractivity contribution in [2.24, 2.45) is 0 Å². The van der Waals surface area contributed by atoms with Crippen molar-refractivity contribution in [2.45, 2.75) is 12.3 Å². The van der Waals surface area contributed by atoms with E-state index in [1.54, 1.807) is 16.0 Å². The third-order valence-electron chi connectivity index (χ3n) is 3.84. The van der Waals surface area contributed by atoms with Crippen LogP contribution in [-0.2, 0) is 4.79 Å². The van der Waals surface area contributed by atoms with E-state index < -0.39 is 0 Å². The Kier molecular flexibility index (Phi) is 3.24. The standard InChI is InChI=1S/C16H12ClN3OS/c17-11-1-3-12(4-2-11)20-16-14(8-18-20)13(7-15(21)19-16)10-5-6-22-9-10/h1-6,8-9,13H,7H2,(H,19,21). The van der Waals surface area contributed by atoms with E-state index in [0.29, 0.717) is 11.4 Å². The van der Waals surface area contributed by atoms with E-state index in [1.807, 2.05) is 35.8 Å². The van der Waals surface area contributed by atoms with Crippen molar-refractivity contribution in [1.29, 1.82) is 0 Å². The Bertz CT molecular complexity index is 824. The number of amides is 1. The third-order valence-corrected chi connectivity index (χ3v) is 4.79. The summed E-state index contributed by atoms with van der Waals surface area (Å²) >= 11 is 7.57. The highest BCUT2D eigenvalue weighted by Crippen LogP contribution is 2.38. The first-order chi connectivity index (χ1) is 10.7. The second-order valence-electron chi connectivity index (χ2n) is 5.20. The number of carbonyl (C=O) groups is 1. The smallest absolute Gasteiger partial charge is 0.226 e. The van der Waals surface area contributed by atoms with E-state index in [0.717, 1.165) is 22.6 Å². The highest BCUT2D eigenvalue weighted by atomic mass is 35.5. The van der Waals surface area contributed by atoms with E-state index in [1.165, 1.54) is 0 Å². The third kappa shape index (κ3) is 2.23. The molecule has 1 aromatic carbocycles. The highest BCUT2D eigenvalue weighted by molar-refractivity contribution is 7.08. The molecule has 4 rings (SSSR count). The molecule has 0 fully saturated rings. The minimum absolute atomic E-state index is 0.0133. The molecule has 1 N–H and O–H groups in total. The van der Waals surface area contributed by atoms with Gasteiger partial charge in [0.25, 0.3) is 0 Å². The monoisotopic (exact) mass is 329 g/mol. The fraction of sp³-hybridized carbons (Fsp3) is 0.125. The Labute approximate surface area is 136 Å². The first-order valence-corrected chi connectivity index (χ1v) is 8.20. The van der Waals surface area contributed by atoms with Crippen molar-refractivity contribution < 1.29 is 4.79 Å². The summed E-state index contributed by atoms with van der Waals surface area (Å²) in [6, 6.07) is 9.46. The van der Waals surface area contributed by atoms with Crippen LogP contribution in [0.3, 0.4) is 0 Å². The molecule has 4 nitrogen and oxygen atoms in total. The predicted molar refractivity (Wildman–Crippen MR) is 88.0 cm³/mol. The van der Waals surface area contributed by atoms with Gasteiger partial charge in [-0.2, -0.15) is 16.4 Å².